The van der Waals surface area contributed by atoms with Gasteiger partial charge in [0.2, 0.25) is 0 Å². The predicted molar refractivity (Wildman–Crippen MR) is 112 cm³/mol. The van der Waals surface area contributed by atoms with Gasteiger partial charge in [0.15, 0.2) is 11.3 Å². The Hall–Kier alpha value is -3.89. The van der Waals surface area contributed by atoms with Crippen LogP contribution < -0.4 is 10.1 Å². The highest BCUT2D eigenvalue weighted by molar-refractivity contribution is 6.03. The average molecular weight is 456 g/mol. The van der Waals surface area contributed by atoms with Crippen molar-refractivity contribution in [1.29, 1.82) is 0 Å². The number of nitrogens with one attached hydrogen (secondary N) is 1. The van der Waals surface area contributed by atoms with Crippen molar-refractivity contribution in [2.75, 3.05) is 12.4 Å². The van der Waals surface area contributed by atoms with Crippen molar-refractivity contribution in [3.8, 4) is 5.75 Å². The van der Waals surface area contributed by atoms with Gasteiger partial charge < -0.3 is 10.1 Å². The van der Waals surface area contributed by atoms with Gasteiger partial charge in [-0.1, -0.05) is 12.1 Å². The van der Waals surface area contributed by atoms with Crippen LogP contribution in [0.2, 0.25) is 0 Å². The fourth-order valence-electron chi connectivity index (χ4n) is 3.56. The molecule has 0 saturated heterocycles. The Morgan fingerprint density at radius 1 is 1.24 bits per heavy atom. The number of carbonyl (C=O) groups excluding carboxylic acids is 1. The van der Waals surface area contributed by atoms with E-state index in [4.69, 9.17) is 4.74 Å². The van der Waals surface area contributed by atoms with Gasteiger partial charge >= 0.3 is 6.18 Å². The number of halogens is 3. The van der Waals surface area contributed by atoms with Gasteiger partial charge in [0, 0.05) is 23.9 Å². The number of anilines is 1. The lowest BCUT2D eigenvalue weighted by atomic mass is 10.2. The molecule has 33 heavy (non-hydrogen) atoms. The van der Waals surface area contributed by atoms with Gasteiger partial charge in [-0.25, -0.2) is 9.50 Å². The third-order valence-corrected chi connectivity index (χ3v) is 5.34. The van der Waals surface area contributed by atoms with Crippen LogP contribution in [-0.4, -0.2) is 37.4 Å². The molecule has 1 aliphatic rings. The summed E-state index contributed by atoms with van der Waals surface area (Å²) < 4.78 is 48.2. The Balaban J connectivity index is 1.36. The van der Waals surface area contributed by atoms with E-state index in [9.17, 15) is 18.0 Å². The smallest absolute Gasteiger partial charge is 0.433 e. The summed E-state index contributed by atoms with van der Waals surface area (Å²) in [6.45, 7) is 0.449. The molecule has 0 radical (unpaired) electrons. The van der Waals surface area contributed by atoms with E-state index in [1.165, 1.54) is 12.3 Å². The van der Waals surface area contributed by atoms with Gasteiger partial charge in [-0.15, -0.1) is 0 Å². The number of hydrogen-bond donors (Lipinski definition) is 1. The molecule has 1 fully saturated rings. The molecule has 1 amide bonds. The summed E-state index contributed by atoms with van der Waals surface area (Å²) >= 11 is 0. The van der Waals surface area contributed by atoms with Crippen LogP contribution in [0.25, 0.3) is 5.65 Å². The second kappa shape index (κ2) is 7.91. The number of amides is 1. The highest BCUT2D eigenvalue weighted by Gasteiger charge is 2.37. The topological polar surface area (TPSA) is 86.3 Å². The molecule has 0 unspecified atom stereocenters. The fourth-order valence-corrected chi connectivity index (χ4v) is 3.56. The van der Waals surface area contributed by atoms with Crippen molar-refractivity contribution in [3.05, 3.63) is 71.4 Å². The molecule has 0 bridgehead atoms. The van der Waals surface area contributed by atoms with Crippen LogP contribution in [0.1, 0.15) is 46.2 Å². The first-order chi connectivity index (χ1) is 15.8. The molecular formula is C22H19F3N6O2. The SMILES string of the molecule is COc1cccc(Cn2cc(NC(=O)c3cc4nc(C5CC5)cc(C(F)(F)F)n4n3)cn2)c1. The van der Waals surface area contributed by atoms with Gasteiger partial charge in [0.25, 0.3) is 5.91 Å². The zero-order valence-electron chi connectivity index (χ0n) is 17.5. The standard InChI is InChI=1S/C22H19F3N6O2/c1-33-16-4-2-3-13(7-16)11-30-12-15(10-26-30)27-21(32)18-9-20-28-17(14-5-6-14)8-19(22(23,24)25)31(20)29-18/h2-4,7-10,12,14H,5-6,11H2,1H3,(H,27,32). The van der Waals surface area contributed by atoms with Gasteiger partial charge in [0.05, 0.1) is 25.5 Å². The number of nitrogens with zero attached hydrogens (tertiary/aromatic N) is 5. The molecule has 8 nitrogen and oxygen atoms in total. The summed E-state index contributed by atoms with van der Waals surface area (Å²) in [5, 5.41) is 10.7. The van der Waals surface area contributed by atoms with Crippen LogP contribution in [0.3, 0.4) is 0 Å². The molecule has 1 N–H and O–H groups in total. The minimum atomic E-state index is -4.62. The quantitative estimate of drug-likeness (QED) is 0.472. The number of aromatic nitrogens is 5. The third kappa shape index (κ3) is 4.38. The van der Waals surface area contributed by atoms with Crippen molar-refractivity contribution in [2.45, 2.75) is 31.5 Å². The van der Waals surface area contributed by atoms with Crippen molar-refractivity contribution < 1.29 is 22.7 Å². The third-order valence-electron chi connectivity index (χ3n) is 5.34. The molecule has 0 aliphatic heterocycles. The monoisotopic (exact) mass is 456 g/mol. The molecule has 5 rings (SSSR count). The second-order valence-corrected chi connectivity index (χ2v) is 7.87. The Kier molecular flexibility index (Phi) is 5.03. The van der Waals surface area contributed by atoms with Gasteiger partial charge in [-0.05, 0) is 36.6 Å². The van der Waals surface area contributed by atoms with E-state index in [-0.39, 0.29) is 17.3 Å². The summed E-state index contributed by atoms with van der Waals surface area (Å²) in [6.07, 6.45) is 0.0749. The molecular weight excluding hydrogens is 437 g/mol. The maximum atomic E-state index is 13.6. The van der Waals surface area contributed by atoms with Gasteiger partial charge in [0.1, 0.15) is 11.4 Å². The molecule has 11 heteroatoms. The maximum absolute atomic E-state index is 13.6. The first-order valence-corrected chi connectivity index (χ1v) is 10.2. The van der Waals surface area contributed by atoms with Crippen molar-refractivity contribution in [2.24, 2.45) is 0 Å². The predicted octanol–water partition coefficient (Wildman–Crippen LogP) is 4.13. The van der Waals surface area contributed by atoms with Crippen molar-refractivity contribution >= 4 is 17.2 Å². The van der Waals surface area contributed by atoms with Gasteiger partial charge in [-0.2, -0.15) is 23.4 Å². The van der Waals surface area contributed by atoms with E-state index in [0.29, 0.717) is 22.4 Å². The Morgan fingerprint density at radius 2 is 2.06 bits per heavy atom. The molecule has 0 atom stereocenters. The summed E-state index contributed by atoms with van der Waals surface area (Å²) in [5.41, 5.74) is 0.600. The van der Waals surface area contributed by atoms with Crippen LogP contribution in [0.15, 0.2) is 48.8 Å². The molecule has 0 spiro atoms. The molecule has 3 heterocycles. The van der Waals surface area contributed by atoms with E-state index in [2.05, 4.69) is 20.5 Å². The zero-order chi connectivity index (χ0) is 23.2. The molecule has 170 valence electrons. The number of rotatable bonds is 6. The lowest BCUT2D eigenvalue weighted by molar-refractivity contribution is -0.142. The fraction of sp³-hybridized carbons (Fsp3) is 0.273. The van der Waals surface area contributed by atoms with Crippen LogP contribution >= 0.6 is 0 Å². The second-order valence-electron chi connectivity index (χ2n) is 7.87. The minimum absolute atomic E-state index is 0.00871. The van der Waals surface area contributed by atoms with E-state index < -0.39 is 17.8 Å². The first-order valence-electron chi connectivity index (χ1n) is 10.2. The van der Waals surface area contributed by atoms with E-state index in [1.54, 1.807) is 18.0 Å². The highest BCUT2D eigenvalue weighted by Crippen LogP contribution is 2.41. The number of methoxy groups -OCH3 is 1. The van der Waals surface area contributed by atoms with Gasteiger partial charge in [-0.3, -0.25) is 9.48 Å². The molecule has 1 aliphatic carbocycles. The minimum Gasteiger partial charge on any atom is -0.497 e. The van der Waals surface area contributed by atoms with E-state index >= 15 is 0 Å². The number of hydrogen-bond acceptors (Lipinski definition) is 5. The average Bonchev–Trinajstić information content (AvgIpc) is 3.40. The Morgan fingerprint density at radius 3 is 2.79 bits per heavy atom. The number of carbonyl (C=O) groups is 1. The molecule has 1 saturated carbocycles. The van der Waals surface area contributed by atoms with Crippen LogP contribution in [-0.2, 0) is 12.7 Å². The van der Waals surface area contributed by atoms with Crippen LogP contribution in [0.5, 0.6) is 5.75 Å². The Bertz CT molecular complexity index is 1340. The number of fused-ring (bicyclic) bond motifs is 1. The summed E-state index contributed by atoms with van der Waals surface area (Å²) in [5.74, 6) is 0.0953. The summed E-state index contributed by atoms with van der Waals surface area (Å²) in [6, 6.07) is 9.76. The van der Waals surface area contributed by atoms with E-state index in [0.717, 1.165) is 30.2 Å². The van der Waals surface area contributed by atoms with Crippen LogP contribution in [0, 0.1) is 0 Å². The lowest BCUT2D eigenvalue weighted by Crippen LogP contribution is -2.16. The van der Waals surface area contributed by atoms with Crippen molar-refractivity contribution in [3.63, 3.8) is 0 Å². The van der Waals surface area contributed by atoms with E-state index in [1.807, 2.05) is 24.3 Å². The Labute approximate surface area is 186 Å². The number of ether oxygens (including phenoxy) is 1. The van der Waals surface area contributed by atoms with Crippen LogP contribution in [0.4, 0.5) is 18.9 Å². The summed E-state index contributed by atoms with van der Waals surface area (Å²) in [7, 11) is 1.58. The maximum Gasteiger partial charge on any atom is 0.433 e. The molecule has 3 aromatic heterocycles. The summed E-state index contributed by atoms with van der Waals surface area (Å²) in [4.78, 5) is 17.0. The number of alkyl halides is 3. The largest absolute Gasteiger partial charge is 0.497 e. The molecule has 4 aromatic rings. The first kappa shape index (κ1) is 21.0. The van der Waals surface area contributed by atoms with Crippen molar-refractivity contribution in [1.82, 2.24) is 24.4 Å². The lowest BCUT2D eigenvalue weighted by Gasteiger charge is -2.10. The number of benzene rings is 1. The highest BCUT2D eigenvalue weighted by atomic mass is 19.4. The molecule has 1 aromatic carbocycles. The zero-order valence-corrected chi connectivity index (χ0v) is 17.5. The normalized spacial score (nSPS) is 13.9.